The first-order valence-electron chi connectivity index (χ1n) is 14.1. The number of nitrogens with one attached hydrogen (secondary N) is 2. The van der Waals surface area contributed by atoms with E-state index in [-0.39, 0.29) is 11.7 Å². The van der Waals surface area contributed by atoms with Gasteiger partial charge in [-0.05, 0) is 67.3 Å². The number of morpholine rings is 1. The largest absolute Gasteiger partial charge is 0.381 e. The Kier molecular flexibility index (Phi) is 7.64. The van der Waals surface area contributed by atoms with E-state index in [0.29, 0.717) is 28.4 Å². The van der Waals surface area contributed by atoms with Crippen LogP contribution in [0.5, 0.6) is 0 Å². The molecular weight excluding hydrogens is 506 g/mol. The number of carbonyl (C=O) groups excluding carboxylic acids is 1. The molecule has 210 valence electrons. The number of carbonyl (C=O) groups is 1. The molecule has 1 spiro atoms. The predicted octanol–water partition coefficient (Wildman–Crippen LogP) is 3.89. The van der Waals surface area contributed by atoms with Crippen LogP contribution in [-0.4, -0.2) is 71.3 Å². The van der Waals surface area contributed by atoms with Crippen LogP contribution < -0.4 is 16.4 Å². The van der Waals surface area contributed by atoms with Gasteiger partial charge in [0.05, 0.1) is 18.9 Å². The van der Waals surface area contributed by atoms with Crippen molar-refractivity contribution in [2.45, 2.75) is 45.2 Å². The second-order valence-electron chi connectivity index (χ2n) is 11.2. The van der Waals surface area contributed by atoms with E-state index in [4.69, 9.17) is 25.2 Å². The van der Waals surface area contributed by atoms with Crippen LogP contribution in [0.3, 0.4) is 0 Å². The van der Waals surface area contributed by atoms with Gasteiger partial charge in [-0.25, -0.2) is 9.97 Å². The molecular formula is C30H37N7O3. The third-order valence-electron chi connectivity index (χ3n) is 8.34. The second kappa shape index (κ2) is 11.5. The van der Waals surface area contributed by atoms with Crippen molar-refractivity contribution >= 4 is 23.2 Å². The van der Waals surface area contributed by atoms with Crippen LogP contribution in [0.15, 0.2) is 42.6 Å². The Labute approximate surface area is 234 Å². The first-order chi connectivity index (χ1) is 19.5. The minimum Gasteiger partial charge on any atom is -0.381 e. The number of hydrogen-bond acceptors (Lipinski definition) is 9. The summed E-state index contributed by atoms with van der Waals surface area (Å²) in [6.07, 6.45) is 6.03. The summed E-state index contributed by atoms with van der Waals surface area (Å²) >= 11 is 0. The van der Waals surface area contributed by atoms with Gasteiger partial charge >= 0.3 is 0 Å². The van der Waals surface area contributed by atoms with Crippen LogP contribution >= 0.6 is 0 Å². The van der Waals surface area contributed by atoms with E-state index < -0.39 is 5.91 Å². The van der Waals surface area contributed by atoms with E-state index in [0.717, 1.165) is 83.0 Å². The summed E-state index contributed by atoms with van der Waals surface area (Å²) in [5, 5.41) is 6.93. The zero-order valence-corrected chi connectivity index (χ0v) is 23.0. The summed E-state index contributed by atoms with van der Waals surface area (Å²) in [5.74, 6) is 0.281. The molecule has 0 unspecified atom stereocenters. The standard InChI is InChI=1S/C30H37N7O3/c1-20-3-2-10-32-24(20)25-28(34-23-17-30(18-23)8-13-39-14-9-30)36-29(26(35-25)27(31)38)33-22-6-4-21(5-7-22)19-37-11-15-40-16-12-37/h2-7,10,23H,8-9,11-19H2,1H3,(H2,31,38)(H2,33,34,36). The molecule has 40 heavy (non-hydrogen) atoms. The van der Waals surface area contributed by atoms with Gasteiger partial charge in [-0.15, -0.1) is 0 Å². The number of rotatable bonds is 8. The number of hydrogen-bond donors (Lipinski definition) is 3. The lowest BCUT2D eigenvalue weighted by Gasteiger charge is -2.50. The number of nitrogens with two attached hydrogens (primary N) is 1. The number of primary amides is 1. The number of aromatic nitrogens is 3. The molecule has 1 aliphatic carbocycles. The summed E-state index contributed by atoms with van der Waals surface area (Å²) in [4.78, 5) is 29.2. The fourth-order valence-corrected chi connectivity index (χ4v) is 6.04. The summed E-state index contributed by atoms with van der Waals surface area (Å²) in [6, 6.07) is 12.3. The molecule has 10 nitrogen and oxygen atoms in total. The first kappa shape index (κ1) is 26.6. The third-order valence-corrected chi connectivity index (χ3v) is 8.34. The van der Waals surface area contributed by atoms with Crippen molar-refractivity contribution in [2.24, 2.45) is 11.1 Å². The number of nitrogens with zero attached hydrogens (tertiary/aromatic N) is 4. The number of amides is 1. The van der Waals surface area contributed by atoms with E-state index in [1.54, 1.807) is 6.20 Å². The molecule has 0 radical (unpaired) electrons. The molecule has 2 aromatic heterocycles. The van der Waals surface area contributed by atoms with Crippen molar-refractivity contribution < 1.29 is 14.3 Å². The maximum absolute atomic E-state index is 12.6. The second-order valence-corrected chi connectivity index (χ2v) is 11.2. The van der Waals surface area contributed by atoms with Crippen LogP contribution in [0, 0.1) is 12.3 Å². The average molecular weight is 544 g/mol. The first-order valence-corrected chi connectivity index (χ1v) is 14.1. The Balaban J connectivity index is 1.27. The zero-order chi connectivity index (χ0) is 27.5. The highest BCUT2D eigenvalue weighted by Crippen LogP contribution is 2.50. The van der Waals surface area contributed by atoms with Gasteiger partial charge in [-0.1, -0.05) is 18.2 Å². The van der Waals surface area contributed by atoms with E-state index in [1.807, 2.05) is 31.2 Å². The van der Waals surface area contributed by atoms with Crippen LogP contribution in [0.4, 0.5) is 17.3 Å². The monoisotopic (exact) mass is 543 g/mol. The fraction of sp³-hybridized carbons (Fsp3) is 0.467. The SMILES string of the molecule is Cc1cccnc1-c1nc(C(N)=O)c(Nc2ccc(CN3CCOCC3)cc2)nc1NC1CC2(CCOCC2)C1. The van der Waals surface area contributed by atoms with Crippen molar-refractivity contribution in [1.29, 1.82) is 0 Å². The van der Waals surface area contributed by atoms with Crippen LogP contribution in [-0.2, 0) is 16.0 Å². The topological polar surface area (TPSA) is 128 Å². The zero-order valence-electron chi connectivity index (χ0n) is 23.0. The van der Waals surface area contributed by atoms with E-state index >= 15 is 0 Å². The molecule has 3 fully saturated rings. The molecule has 2 aliphatic heterocycles. The quantitative estimate of drug-likeness (QED) is 0.388. The van der Waals surface area contributed by atoms with E-state index in [2.05, 4.69) is 32.7 Å². The van der Waals surface area contributed by atoms with Gasteiger partial charge in [0.1, 0.15) is 5.69 Å². The highest BCUT2D eigenvalue weighted by molar-refractivity contribution is 5.97. The summed E-state index contributed by atoms with van der Waals surface area (Å²) in [7, 11) is 0. The molecule has 3 aromatic rings. The highest BCUT2D eigenvalue weighted by Gasteiger charge is 2.45. The average Bonchev–Trinajstić information content (AvgIpc) is 2.95. The Bertz CT molecular complexity index is 1340. The number of anilines is 3. The van der Waals surface area contributed by atoms with Gasteiger partial charge in [0.15, 0.2) is 17.3 Å². The smallest absolute Gasteiger partial charge is 0.271 e. The molecule has 2 saturated heterocycles. The van der Waals surface area contributed by atoms with Crippen LogP contribution in [0.2, 0.25) is 0 Å². The number of ether oxygens (including phenoxy) is 2. The van der Waals surface area contributed by atoms with E-state index in [1.165, 1.54) is 5.56 Å². The molecule has 4 heterocycles. The predicted molar refractivity (Wildman–Crippen MR) is 153 cm³/mol. The van der Waals surface area contributed by atoms with Crippen molar-refractivity contribution in [3.8, 4) is 11.4 Å². The van der Waals surface area contributed by atoms with Gasteiger partial charge < -0.3 is 25.8 Å². The van der Waals surface area contributed by atoms with E-state index in [9.17, 15) is 4.79 Å². The molecule has 10 heteroatoms. The molecule has 3 aliphatic rings. The van der Waals surface area contributed by atoms with Crippen molar-refractivity contribution in [3.63, 3.8) is 0 Å². The Morgan fingerprint density at radius 2 is 1.73 bits per heavy atom. The van der Waals surface area contributed by atoms with Gasteiger partial charge in [0, 0.05) is 50.8 Å². The third kappa shape index (κ3) is 5.79. The number of benzene rings is 1. The maximum Gasteiger partial charge on any atom is 0.271 e. The molecule has 4 N–H and O–H groups in total. The molecule has 1 aromatic carbocycles. The van der Waals surface area contributed by atoms with Gasteiger partial charge in [-0.3, -0.25) is 14.7 Å². The van der Waals surface area contributed by atoms with Crippen molar-refractivity contribution in [3.05, 3.63) is 59.4 Å². The van der Waals surface area contributed by atoms with Crippen molar-refractivity contribution in [1.82, 2.24) is 19.9 Å². The summed E-state index contributed by atoms with van der Waals surface area (Å²) in [5.41, 5.74) is 10.4. The molecule has 0 atom stereocenters. The number of aryl methyl sites for hydroxylation is 1. The lowest BCUT2D eigenvalue weighted by Crippen LogP contribution is -2.48. The fourth-order valence-electron chi connectivity index (χ4n) is 6.04. The van der Waals surface area contributed by atoms with Gasteiger partial charge in [0.25, 0.3) is 5.91 Å². The molecule has 6 rings (SSSR count). The molecule has 1 saturated carbocycles. The lowest BCUT2D eigenvalue weighted by molar-refractivity contribution is -0.0342. The summed E-state index contributed by atoms with van der Waals surface area (Å²) < 4.78 is 11.0. The summed E-state index contributed by atoms with van der Waals surface area (Å²) in [6.45, 7) is 7.93. The lowest BCUT2D eigenvalue weighted by atomic mass is 9.61. The van der Waals surface area contributed by atoms with Gasteiger partial charge in [0.2, 0.25) is 0 Å². The highest BCUT2D eigenvalue weighted by atomic mass is 16.5. The number of pyridine rings is 1. The van der Waals surface area contributed by atoms with Crippen LogP contribution in [0.25, 0.3) is 11.4 Å². The minimum atomic E-state index is -0.648. The Hall–Kier alpha value is -3.60. The molecule has 1 amide bonds. The minimum absolute atomic E-state index is 0.0810. The molecule has 0 bridgehead atoms. The van der Waals surface area contributed by atoms with Gasteiger partial charge in [-0.2, -0.15) is 0 Å². The van der Waals surface area contributed by atoms with Crippen molar-refractivity contribution in [2.75, 3.05) is 50.2 Å². The Morgan fingerprint density at radius 1 is 1.00 bits per heavy atom. The van der Waals surface area contributed by atoms with Crippen LogP contribution in [0.1, 0.15) is 47.3 Å². The Morgan fingerprint density at radius 3 is 2.42 bits per heavy atom. The maximum atomic E-state index is 12.6. The normalized spacial score (nSPS) is 19.2.